The van der Waals surface area contributed by atoms with E-state index < -0.39 is 5.41 Å². The van der Waals surface area contributed by atoms with Crippen molar-refractivity contribution < 1.29 is 14.6 Å². The summed E-state index contributed by atoms with van der Waals surface area (Å²) in [6, 6.07) is 22.0. The van der Waals surface area contributed by atoms with Crippen LogP contribution in [0.25, 0.3) is 16.5 Å². The summed E-state index contributed by atoms with van der Waals surface area (Å²) in [6.07, 6.45) is 0. The van der Waals surface area contributed by atoms with E-state index in [4.69, 9.17) is 20.4 Å². The molecule has 1 saturated heterocycles. The second kappa shape index (κ2) is 12.3. The molecule has 0 aliphatic carbocycles. The number of anilines is 2. The molecule has 3 aromatic carbocycles. The van der Waals surface area contributed by atoms with Crippen molar-refractivity contribution in [2.45, 2.75) is 26.2 Å². The van der Waals surface area contributed by atoms with Gasteiger partial charge in [-0.25, -0.2) is 15.5 Å². The van der Waals surface area contributed by atoms with E-state index in [0.29, 0.717) is 18.2 Å². The number of aliphatic hydroxyl groups is 1. The van der Waals surface area contributed by atoms with Crippen molar-refractivity contribution in [3.63, 3.8) is 0 Å². The lowest BCUT2D eigenvalue weighted by atomic mass is 9.91. The van der Waals surface area contributed by atoms with Gasteiger partial charge in [0, 0.05) is 47.6 Å². The van der Waals surface area contributed by atoms with E-state index in [1.165, 1.54) is 5.01 Å². The maximum Gasteiger partial charge on any atom is 0.152 e. The van der Waals surface area contributed by atoms with Gasteiger partial charge in [0.2, 0.25) is 0 Å². The Bertz CT molecular complexity index is 1490. The van der Waals surface area contributed by atoms with Gasteiger partial charge >= 0.3 is 0 Å². The molecule has 41 heavy (non-hydrogen) atoms. The maximum atomic E-state index is 10.00. The van der Waals surface area contributed by atoms with Gasteiger partial charge in [0.05, 0.1) is 31.2 Å². The first kappa shape index (κ1) is 28.6. The summed E-state index contributed by atoms with van der Waals surface area (Å²) in [7, 11) is 0. The third-order valence-electron chi connectivity index (χ3n) is 7.53. The number of hydrogen-bond donors (Lipinski definition) is 3. The molecule has 0 atom stereocenters. The van der Waals surface area contributed by atoms with Gasteiger partial charge in [0.1, 0.15) is 18.2 Å². The van der Waals surface area contributed by atoms with Crippen molar-refractivity contribution in [1.29, 1.82) is 0 Å². The number of aryl methyl sites for hydroxylation is 1. The van der Waals surface area contributed by atoms with E-state index in [9.17, 15) is 5.11 Å². The van der Waals surface area contributed by atoms with Crippen LogP contribution < -0.4 is 20.9 Å². The second-order valence-electron chi connectivity index (χ2n) is 11.1. The fraction of sp³-hybridized carbons (Fsp3) is 0.344. The highest BCUT2D eigenvalue weighted by atomic mass is 16.5. The summed E-state index contributed by atoms with van der Waals surface area (Å²) in [5.74, 6) is 8.60. The van der Waals surface area contributed by atoms with Gasteiger partial charge in [-0.2, -0.15) is 5.10 Å². The van der Waals surface area contributed by atoms with Crippen LogP contribution in [0.5, 0.6) is 5.75 Å². The van der Waals surface area contributed by atoms with Gasteiger partial charge in [-0.3, -0.25) is 4.90 Å². The van der Waals surface area contributed by atoms with Gasteiger partial charge < -0.3 is 19.9 Å². The molecule has 0 spiro atoms. The normalized spacial score (nSPS) is 14.3. The zero-order valence-electron chi connectivity index (χ0n) is 24.1. The minimum Gasteiger partial charge on any atom is -0.492 e. The predicted octanol–water partition coefficient (Wildman–Crippen LogP) is 4.58. The molecule has 1 aromatic heterocycles. The number of fused-ring (bicyclic) bond motifs is 1. The quantitative estimate of drug-likeness (QED) is 0.182. The van der Waals surface area contributed by atoms with Crippen molar-refractivity contribution in [2.75, 3.05) is 56.4 Å². The largest absolute Gasteiger partial charge is 0.492 e. The van der Waals surface area contributed by atoms with E-state index in [-0.39, 0.29) is 6.61 Å². The molecule has 0 bridgehead atoms. The summed E-state index contributed by atoms with van der Waals surface area (Å²) in [5.41, 5.74) is 3.04. The zero-order chi connectivity index (χ0) is 29.0. The SMILES string of the molecule is C=C(Nc1ccc(OCCN2CCOCC2)c2ccccc12)N(N)c1cc(C(C)(C)CO)nn1-c1ccc(C)cc1. The summed E-state index contributed by atoms with van der Waals surface area (Å²) in [4.78, 5) is 2.36. The first-order chi connectivity index (χ1) is 19.8. The molecular weight excluding hydrogens is 516 g/mol. The van der Waals surface area contributed by atoms with Crippen LogP contribution in [0, 0.1) is 6.92 Å². The molecule has 216 valence electrons. The average molecular weight is 557 g/mol. The number of nitrogens with zero attached hydrogens (tertiary/aromatic N) is 4. The summed E-state index contributed by atoms with van der Waals surface area (Å²) < 4.78 is 13.4. The van der Waals surface area contributed by atoms with E-state index in [1.807, 2.05) is 75.4 Å². The van der Waals surface area contributed by atoms with Gasteiger partial charge in [-0.05, 0) is 31.2 Å². The molecule has 5 rings (SSSR count). The average Bonchev–Trinajstić information content (AvgIpc) is 3.45. The van der Waals surface area contributed by atoms with Crippen LogP contribution in [-0.4, -0.2) is 65.8 Å². The van der Waals surface area contributed by atoms with Crippen LogP contribution >= 0.6 is 0 Å². The number of nitrogens with two attached hydrogens (primary N) is 1. The lowest BCUT2D eigenvalue weighted by molar-refractivity contribution is 0.0323. The molecular formula is C32H40N6O3. The fourth-order valence-corrected chi connectivity index (χ4v) is 4.80. The molecule has 1 aliphatic heterocycles. The summed E-state index contributed by atoms with van der Waals surface area (Å²) >= 11 is 0. The Morgan fingerprint density at radius 3 is 2.51 bits per heavy atom. The molecule has 0 unspecified atom stereocenters. The van der Waals surface area contributed by atoms with Crippen LogP contribution in [0.2, 0.25) is 0 Å². The number of morpholine rings is 1. The van der Waals surface area contributed by atoms with E-state index in [0.717, 1.165) is 72.0 Å². The molecule has 0 radical (unpaired) electrons. The van der Waals surface area contributed by atoms with Gasteiger partial charge in [0.15, 0.2) is 5.82 Å². The van der Waals surface area contributed by atoms with Crippen molar-refractivity contribution in [2.24, 2.45) is 5.84 Å². The molecule has 2 heterocycles. The molecule has 1 fully saturated rings. The molecule has 1 aliphatic rings. The highest BCUT2D eigenvalue weighted by molar-refractivity contribution is 5.98. The van der Waals surface area contributed by atoms with Crippen molar-refractivity contribution in [3.05, 3.63) is 90.4 Å². The number of aliphatic hydroxyl groups excluding tert-OH is 1. The Hall–Kier alpha value is -3.89. The Kier molecular flexibility index (Phi) is 8.60. The molecule has 0 saturated carbocycles. The third-order valence-corrected chi connectivity index (χ3v) is 7.53. The van der Waals surface area contributed by atoms with Crippen molar-refractivity contribution in [1.82, 2.24) is 14.7 Å². The smallest absolute Gasteiger partial charge is 0.152 e. The van der Waals surface area contributed by atoms with Crippen LogP contribution in [0.15, 0.2) is 79.1 Å². The minimum atomic E-state index is -0.548. The van der Waals surface area contributed by atoms with Crippen LogP contribution in [0.4, 0.5) is 11.5 Å². The molecule has 4 aromatic rings. The van der Waals surface area contributed by atoms with Gasteiger partial charge in [0.25, 0.3) is 0 Å². The lowest BCUT2D eigenvalue weighted by Crippen LogP contribution is -2.38. The monoisotopic (exact) mass is 556 g/mol. The van der Waals surface area contributed by atoms with Crippen LogP contribution in [-0.2, 0) is 10.2 Å². The number of hydrazine groups is 1. The summed E-state index contributed by atoms with van der Waals surface area (Å²) in [5, 5.41) is 21.7. The van der Waals surface area contributed by atoms with E-state index in [1.54, 1.807) is 4.68 Å². The standard InChI is InChI=1S/C32H40N6O3/c1-23-9-11-25(12-10-23)38-31(21-30(35-38)32(3,4)22-39)37(33)24(2)34-28-13-14-29(27-8-6-5-7-26(27)28)41-20-17-36-15-18-40-19-16-36/h5-14,21,34,39H,2,15-20,22,33H2,1,3-4H3. The Labute approximate surface area is 241 Å². The number of hydrogen-bond acceptors (Lipinski definition) is 8. The Morgan fingerprint density at radius 2 is 1.80 bits per heavy atom. The highest BCUT2D eigenvalue weighted by Gasteiger charge is 2.27. The molecule has 4 N–H and O–H groups in total. The maximum absolute atomic E-state index is 10.00. The number of benzene rings is 3. The minimum absolute atomic E-state index is 0.0476. The fourth-order valence-electron chi connectivity index (χ4n) is 4.80. The van der Waals surface area contributed by atoms with Crippen LogP contribution in [0.1, 0.15) is 25.1 Å². The Balaban J connectivity index is 1.38. The predicted molar refractivity (Wildman–Crippen MR) is 165 cm³/mol. The molecule has 0 amide bonds. The second-order valence-corrected chi connectivity index (χ2v) is 11.1. The molecule has 9 nitrogen and oxygen atoms in total. The van der Waals surface area contributed by atoms with Crippen molar-refractivity contribution in [3.8, 4) is 11.4 Å². The number of nitrogens with one attached hydrogen (secondary N) is 1. The zero-order valence-corrected chi connectivity index (χ0v) is 24.1. The molecule has 9 heteroatoms. The van der Waals surface area contributed by atoms with E-state index in [2.05, 4.69) is 28.9 Å². The van der Waals surface area contributed by atoms with Crippen molar-refractivity contribution >= 4 is 22.3 Å². The summed E-state index contributed by atoms with van der Waals surface area (Å²) in [6.45, 7) is 15.0. The van der Waals surface area contributed by atoms with E-state index >= 15 is 0 Å². The number of aromatic nitrogens is 2. The van der Waals surface area contributed by atoms with Crippen LogP contribution in [0.3, 0.4) is 0 Å². The number of ether oxygens (including phenoxy) is 2. The first-order valence-corrected chi connectivity index (χ1v) is 14.0. The van der Waals surface area contributed by atoms with Gasteiger partial charge in [-0.15, -0.1) is 0 Å². The third kappa shape index (κ3) is 6.39. The first-order valence-electron chi connectivity index (χ1n) is 14.0. The number of rotatable bonds is 11. The van der Waals surface area contributed by atoms with Gasteiger partial charge in [-0.1, -0.05) is 62.4 Å². The highest BCUT2D eigenvalue weighted by Crippen LogP contribution is 2.34. The Morgan fingerprint density at radius 1 is 1.10 bits per heavy atom. The lowest BCUT2D eigenvalue weighted by Gasteiger charge is -2.26. The topological polar surface area (TPSA) is 101 Å².